The third-order valence-corrected chi connectivity index (χ3v) is 3.00. The first-order valence-electron chi connectivity index (χ1n) is 6.62. The van der Waals surface area contributed by atoms with E-state index in [0.717, 1.165) is 12.7 Å². The number of carbonyl (C=O) groups is 2. The van der Waals surface area contributed by atoms with Gasteiger partial charge >= 0.3 is 0 Å². The normalized spacial score (nSPS) is 13.2. The van der Waals surface area contributed by atoms with E-state index in [1.165, 1.54) is 7.11 Å². The fraction of sp³-hybridized carbons (Fsp3) is 0.467. The maximum Gasteiger partial charge on any atom is 0.260 e. The first-order chi connectivity index (χ1) is 9.51. The summed E-state index contributed by atoms with van der Waals surface area (Å²) in [6.07, 6.45) is 0.946. The zero-order chi connectivity index (χ0) is 15.1. The summed E-state index contributed by atoms with van der Waals surface area (Å²) < 4.78 is 10.7. The van der Waals surface area contributed by atoms with Crippen LogP contribution < -0.4 is 14.8 Å². The summed E-state index contributed by atoms with van der Waals surface area (Å²) in [6, 6.07) is 4.91. The van der Waals surface area contributed by atoms with Crippen LogP contribution in [-0.2, 0) is 4.79 Å². The van der Waals surface area contributed by atoms with E-state index in [1.807, 2.05) is 13.8 Å². The fourth-order valence-electron chi connectivity index (χ4n) is 1.56. The van der Waals surface area contributed by atoms with E-state index < -0.39 is 6.10 Å². The smallest absolute Gasteiger partial charge is 0.260 e. The number of benzene rings is 1. The highest BCUT2D eigenvalue weighted by Gasteiger charge is 2.18. The van der Waals surface area contributed by atoms with Crippen molar-refractivity contribution in [2.75, 3.05) is 7.11 Å². The average Bonchev–Trinajstić information content (AvgIpc) is 2.47. The third-order valence-electron chi connectivity index (χ3n) is 3.00. The number of aldehydes is 1. The molecule has 0 aromatic heterocycles. The molecule has 5 heteroatoms. The largest absolute Gasteiger partial charge is 0.493 e. The van der Waals surface area contributed by atoms with Crippen molar-refractivity contribution in [3.63, 3.8) is 0 Å². The lowest BCUT2D eigenvalue weighted by Crippen LogP contribution is -2.41. The van der Waals surface area contributed by atoms with Crippen LogP contribution in [0.4, 0.5) is 0 Å². The molecule has 1 aromatic rings. The topological polar surface area (TPSA) is 64.6 Å². The Labute approximate surface area is 119 Å². The Hall–Kier alpha value is -2.04. The van der Waals surface area contributed by atoms with E-state index in [2.05, 4.69) is 5.32 Å². The van der Waals surface area contributed by atoms with Crippen LogP contribution in [0.5, 0.6) is 11.5 Å². The van der Waals surface area contributed by atoms with Gasteiger partial charge in [0.05, 0.1) is 7.11 Å². The van der Waals surface area contributed by atoms with Gasteiger partial charge in [0, 0.05) is 11.6 Å². The van der Waals surface area contributed by atoms with Gasteiger partial charge in [-0.25, -0.2) is 0 Å². The second-order valence-electron chi connectivity index (χ2n) is 4.61. The molecule has 0 fully saturated rings. The molecule has 20 heavy (non-hydrogen) atoms. The third kappa shape index (κ3) is 4.26. The second kappa shape index (κ2) is 7.53. The first kappa shape index (κ1) is 16.0. The number of amides is 1. The predicted molar refractivity (Wildman–Crippen MR) is 76.4 cm³/mol. The van der Waals surface area contributed by atoms with Gasteiger partial charge < -0.3 is 14.8 Å². The molecule has 5 nitrogen and oxygen atoms in total. The van der Waals surface area contributed by atoms with E-state index in [-0.39, 0.29) is 11.9 Å². The zero-order valence-corrected chi connectivity index (χ0v) is 12.3. The summed E-state index contributed by atoms with van der Waals surface area (Å²) in [5.74, 6) is 0.684. The van der Waals surface area contributed by atoms with Crippen molar-refractivity contribution in [1.29, 1.82) is 0 Å². The highest BCUT2D eigenvalue weighted by atomic mass is 16.5. The minimum atomic E-state index is -0.639. The quantitative estimate of drug-likeness (QED) is 0.777. The SMILES string of the molecule is CCC(C)NC(=O)C(C)Oc1ccc(C=O)cc1OC. The number of rotatable bonds is 7. The van der Waals surface area contributed by atoms with E-state index in [9.17, 15) is 9.59 Å². The summed E-state index contributed by atoms with van der Waals surface area (Å²) in [6.45, 7) is 5.60. The van der Waals surface area contributed by atoms with Crippen molar-refractivity contribution >= 4 is 12.2 Å². The molecular formula is C15H21NO4. The molecule has 1 aromatic carbocycles. The Morgan fingerprint density at radius 1 is 1.35 bits per heavy atom. The summed E-state index contributed by atoms with van der Waals surface area (Å²) >= 11 is 0. The van der Waals surface area contributed by atoms with E-state index >= 15 is 0 Å². The number of carbonyl (C=O) groups excluding carboxylic acids is 2. The molecule has 1 N–H and O–H groups in total. The van der Waals surface area contributed by atoms with Crippen LogP contribution in [0, 0.1) is 0 Å². The molecule has 0 bridgehead atoms. The molecule has 0 spiro atoms. The summed E-state index contributed by atoms with van der Waals surface area (Å²) in [7, 11) is 1.49. The number of hydrogen-bond acceptors (Lipinski definition) is 4. The second-order valence-corrected chi connectivity index (χ2v) is 4.61. The lowest BCUT2D eigenvalue weighted by Gasteiger charge is -2.19. The number of nitrogens with one attached hydrogen (secondary N) is 1. The van der Waals surface area contributed by atoms with Crippen molar-refractivity contribution in [3.05, 3.63) is 23.8 Å². The molecule has 1 amide bonds. The average molecular weight is 279 g/mol. The highest BCUT2D eigenvalue weighted by molar-refractivity contribution is 5.81. The molecule has 1 rings (SSSR count). The Balaban J connectivity index is 2.77. The lowest BCUT2D eigenvalue weighted by molar-refractivity contribution is -0.127. The molecule has 0 aliphatic heterocycles. The summed E-state index contributed by atoms with van der Waals surface area (Å²) in [5.41, 5.74) is 0.492. The Morgan fingerprint density at radius 2 is 2.05 bits per heavy atom. The van der Waals surface area contributed by atoms with Gasteiger partial charge in [0.2, 0.25) is 0 Å². The molecule has 2 unspecified atom stereocenters. The molecular weight excluding hydrogens is 258 g/mol. The van der Waals surface area contributed by atoms with Crippen LogP contribution in [0.2, 0.25) is 0 Å². The number of hydrogen-bond donors (Lipinski definition) is 1. The van der Waals surface area contributed by atoms with Gasteiger partial charge in [0.15, 0.2) is 17.6 Å². The fourth-order valence-corrected chi connectivity index (χ4v) is 1.56. The highest BCUT2D eigenvalue weighted by Crippen LogP contribution is 2.28. The van der Waals surface area contributed by atoms with Crippen molar-refractivity contribution < 1.29 is 19.1 Å². The van der Waals surface area contributed by atoms with Crippen molar-refractivity contribution in [2.24, 2.45) is 0 Å². The zero-order valence-electron chi connectivity index (χ0n) is 12.3. The predicted octanol–water partition coefficient (Wildman–Crippen LogP) is 2.19. The van der Waals surface area contributed by atoms with Gasteiger partial charge in [-0.15, -0.1) is 0 Å². The van der Waals surface area contributed by atoms with Gasteiger partial charge in [-0.05, 0) is 38.5 Å². The molecule has 0 aliphatic rings. The van der Waals surface area contributed by atoms with Crippen LogP contribution in [0.3, 0.4) is 0 Å². The Bertz CT molecular complexity index is 473. The van der Waals surface area contributed by atoms with Crippen molar-refractivity contribution in [1.82, 2.24) is 5.32 Å². The van der Waals surface area contributed by atoms with Crippen molar-refractivity contribution in [2.45, 2.75) is 39.3 Å². The van der Waals surface area contributed by atoms with E-state index in [0.29, 0.717) is 17.1 Å². The Morgan fingerprint density at radius 3 is 2.60 bits per heavy atom. The molecule has 2 atom stereocenters. The molecule has 0 heterocycles. The molecule has 0 saturated heterocycles. The number of ether oxygens (including phenoxy) is 2. The summed E-state index contributed by atoms with van der Waals surface area (Å²) in [4.78, 5) is 22.6. The van der Waals surface area contributed by atoms with Gasteiger partial charge in [0.25, 0.3) is 5.91 Å². The van der Waals surface area contributed by atoms with Crippen LogP contribution in [0.25, 0.3) is 0 Å². The lowest BCUT2D eigenvalue weighted by atomic mass is 10.2. The minimum Gasteiger partial charge on any atom is -0.493 e. The molecule has 0 saturated carbocycles. The van der Waals surface area contributed by atoms with E-state index in [1.54, 1.807) is 25.1 Å². The Kier molecular flexibility index (Phi) is 6.03. The van der Waals surface area contributed by atoms with E-state index in [4.69, 9.17) is 9.47 Å². The van der Waals surface area contributed by atoms with Crippen LogP contribution in [-0.4, -0.2) is 31.4 Å². The van der Waals surface area contributed by atoms with Gasteiger partial charge in [-0.3, -0.25) is 9.59 Å². The monoisotopic (exact) mass is 279 g/mol. The van der Waals surface area contributed by atoms with Crippen LogP contribution in [0.1, 0.15) is 37.6 Å². The van der Waals surface area contributed by atoms with Crippen LogP contribution >= 0.6 is 0 Å². The van der Waals surface area contributed by atoms with Gasteiger partial charge in [-0.1, -0.05) is 6.92 Å². The van der Waals surface area contributed by atoms with Gasteiger partial charge in [0.1, 0.15) is 6.29 Å². The molecule has 110 valence electrons. The van der Waals surface area contributed by atoms with Crippen LogP contribution in [0.15, 0.2) is 18.2 Å². The maximum absolute atomic E-state index is 11.9. The first-order valence-corrected chi connectivity index (χ1v) is 6.62. The summed E-state index contributed by atoms with van der Waals surface area (Å²) in [5, 5.41) is 2.85. The molecule has 0 radical (unpaired) electrons. The molecule has 0 aliphatic carbocycles. The number of methoxy groups -OCH3 is 1. The maximum atomic E-state index is 11.9. The standard InChI is InChI=1S/C15H21NO4/c1-5-10(2)16-15(18)11(3)20-13-7-6-12(9-17)8-14(13)19-4/h6-11H,5H2,1-4H3,(H,16,18). The minimum absolute atomic E-state index is 0.105. The van der Waals surface area contributed by atoms with Gasteiger partial charge in [-0.2, -0.15) is 0 Å². The van der Waals surface area contributed by atoms with Crippen molar-refractivity contribution in [3.8, 4) is 11.5 Å².